The molecule has 0 aliphatic heterocycles. The number of alkyl halides is 3. The number of halogens is 4. The molecule has 0 heterocycles. The highest BCUT2D eigenvalue weighted by Crippen LogP contribution is 2.21. The van der Waals surface area contributed by atoms with Gasteiger partial charge in [0.05, 0.1) is 13.3 Å². The third kappa shape index (κ3) is 5.71. The van der Waals surface area contributed by atoms with Crippen molar-refractivity contribution in [2.75, 3.05) is 13.3 Å². The van der Waals surface area contributed by atoms with E-state index in [1.165, 1.54) is 24.3 Å². The number of rotatable bonds is 6. The normalized spacial score (nSPS) is 10.3. The van der Waals surface area contributed by atoms with E-state index in [2.05, 4.69) is 16.6 Å². The quantitative estimate of drug-likeness (QED) is 0.419. The summed E-state index contributed by atoms with van der Waals surface area (Å²) in [6.07, 6.45) is 0.182. The van der Waals surface area contributed by atoms with Crippen molar-refractivity contribution >= 4 is 0 Å². The van der Waals surface area contributed by atoms with Crippen molar-refractivity contribution in [3.8, 4) is 23.3 Å². The highest BCUT2D eigenvalue weighted by molar-refractivity contribution is 5.48. The number of benzene rings is 2. The minimum atomic E-state index is -2.88. The van der Waals surface area contributed by atoms with Gasteiger partial charge in [0.2, 0.25) is 0 Å². The standard InChI is InChI=1S/C19H16F4O2/c1-13-11-14(6-8-17(13)25-19(22)23)3-4-15-5-7-16(21)18(12-15)24-10-2-9-20/h5-8,11-12,19H,2,9-10H2,1H3. The summed E-state index contributed by atoms with van der Waals surface area (Å²) in [6.45, 7) is -1.70. The minimum absolute atomic E-state index is 0.0112. The van der Waals surface area contributed by atoms with E-state index < -0.39 is 19.1 Å². The number of hydrogen-bond acceptors (Lipinski definition) is 2. The lowest BCUT2D eigenvalue weighted by molar-refractivity contribution is -0.0502. The Kier molecular flexibility index (Phi) is 6.70. The van der Waals surface area contributed by atoms with Gasteiger partial charge in [-0.2, -0.15) is 8.78 Å². The first-order valence-corrected chi connectivity index (χ1v) is 7.55. The number of hydrogen-bond donors (Lipinski definition) is 0. The van der Waals surface area contributed by atoms with Crippen molar-refractivity contribution in [1.29, 1.82) is 0 Å². The van der Waals surface area contributed by atoms with E-state index in [4.69, 9.17) is 4.74 Å². The first-order chi connectivity index (χ1) is 12.0. The SMILES string of the molecule is Cc1cc(C#Cc2ccc(F)c(OCCCF)c2)ccc1OC(F)F. The fourth-order valence-corrected chi connectivity index (χ4v) is 2.03. The lowest BCUT2D eigenvalue weighted by atomic mass is 10.1. The van der Waals surface area contributed by atoms with Crippen LogP contribution in [0.2, 0.25) is 0 Å². The van der Waals surface area contributed by atoms with Crippen LogP contribution in [0.4, 0.5) is 17.6 Å². The summed E-state index contributed by atoms with van der Waals surface area (Å²) >= 11 is 0. The van der Waals surface area contributed by atoms with Crippen molar-refractivity contribution in [3.05, 3.63) is 58.9 Å². The van der Waals surface area contributed by atoms with E-state index in [1.54, 1.807) is 19.1 Å². The Balaban J connectivity index is 2.15. The summed E-state index contributed by atoms with van der Waals surface area (Å²) in [5.41, 5.74) is 1.65. The molecule has 132 valence electrons. The zero-order chi connectivity index (χ0) is 18.2. The molecule has 0 spiro atoms. The summed E-state index contributed by atoms with van der Waals surface area (Å²) in [7, 11) is 0. The topological polar surface area (TPSA) is 18.5 Å². The van der Waals surface area contributed by atoms with Gasteiger partial charge >= 0.3 is 6.61 Å². The smallest absolute Gasteiger partial charge is 0.387 e. The lowest BCUT2D eigenvalue weighted by Crippen LogP contribution is -2.03. The molecule has 0 aromatic heterocycles. The second-order valence-electron chi connectivity index (χ2n) is 5.14. The molecule has 0 unspecified atom stereocenters. The monoisotopic (exact) mass is 352 g/mol. The van der Waals surface area contributed by atoms with Gasteiger partial charge in [-0.3, -0.25) is 4.39 Å². The molecule has 0 aliphatic rings. The molecule has 0 atom stereocenters. The Morgan fingerprint density at radius 1 is 1.00 bits per heavy atom. The van der Waals surface area contributed by atoms with Gasteiger partial charge in [-0.25, -0.2) is 4.39 Å². The molecule has 0 saturated heterocycles. The molecular formula is C19H16F4O2. The molecule has 0 N–H and O–H groups in total. The Bertz CT molecular complexity index is 779. The second kappa shape index (κ2) is 8.97. The fraction of sp³-hybridized carbons (Fsp3) is 0.263. The van der Waals surface area contributed by atoms with Crippen LogP contribution in [0.3, 0.4) is 0 Å². The van der Waals surface area contributed by atoms with Gasteiger partial charge in [0.1, 0.15) is 5.75 Å². The van der Waals surface area contributed by atoms with Crippen LogP contribution in [-0.2, 0) is 0 Å². The van der Waals surface area contributed by atoms with E-state index in [9.17, 15) is 17.6 Å². The van der Waals surface area contributed by atoms with Crippen LogP contribution >= 0.6 is 0 Å². The van der Waals surface area contributed by atoms with E-state index in [-0.39, 0.29) is 24.5 Å². The highest BCUT2D eigenvalue weighted by atomic mass is 19.3. The van der Waals surface area contributed by atoms with Crippen molar-refractivity contribution in [1.82, 2.24) is 0 Å². The van der Waals surface area contributed by atoms with Crippen molar-refractivity contribution in [2.24, 2.45) is 0 Å². The highest BCUT2D eigenvalue weighted by Gasteiger charge is 2.07. The Morgan fingerprint density at radius 2 is 1.68 bits per heavy atom. The summed E-state index contributed by atoms with van der Waals surface area (Å²) < 4.78 is 59.7. The first kappa shape index (κ1) is 18.7. The third-order valence-corrected chi connectivity index (χ3v) is 3.21. The Morgan fingerprint density at radius 3 is 2.32 bits per heavy atom. The van der Waals surface area contributed by atoms with Gasteiger partial charge in [0, 0.05) is 17.5 Å². The number of ether oxygens (including phenoxy) is 2. The van der Waals surface area contributed by atoms with Crippen LogP contribution in [0, 0.1) is 24.6 Å². The molecule has 0 fully saturated rings. The van der Waals surface area contributed by atoms with Crippen LogP contribution in [0.25, 0.3) is 0 Å². The maximum atomic E-state index is 13.6. The van der Waals surface area contributed by atoms with Gasteiger partial charge < -0.3 is 9.47 Å². The van der Waals surface area contributed by atoms with Crippen LogP contribution in [0.15, 0.2) is 36.4 Å². The molecule has 0 radical (unpaired) electrons. The third-order valence-electron chi connectivity index (χ3n) is 3.21. The predicted molar refractivity (Wildman–Crippen MR) is 86.3 cm³/mol. The summed E-state index contributed by atoms with van der Waals surface area (Å²) in [5.74, 6) is 5.26. The van der Waals surface area contributed by atoms with Crippen molar-refractivity contribution in [3.63, 3.8) is 0 Å². The van der Waals surface area contributed by atoms with E-state index in [0.29, 0.717) is 16.7 Å². The zero-order valence-electron chi connectivity index (χ0n) is 13.5. The molecule has 2 nitrogen and oxygen atoms in total. The molecule has 0 saturated carbocycles. The van der Waals surface area contributed by atoms with Crippen molar-refractivity contribution in [2.45, 2.75) is 20.0 Å². The van der Waals surface area contributed by atoms with Crippen LogP contribution in [0.5, 0.6) is 11.5 Å². The Hall–Kier alpha value is -2.68. The molecule has 0 bridgehead atoms. The zero-order valence-corrected chi connectivity index (χ0v) is 13.5. The lowest BCUT2D eigenvalue weighted by Gasteiger charge is -2.07. The molecule has 0 aliphatic carbocycles. The molecule has 0 amide bonds. The fourth-order valence-electron chi connectivity index (χ4n) is 2.03. The second-order valence-corrected chi connectivity index (χ2v) is 5.14. The van der Waals surface area contributed by atoms with E-state index in [1.807, 2.05) is 0 Å². The van der Waals surface area contributed by atoms with Crippen LogP contribution < -0.4 is 9.47 Å². The molecule has 6 heteroatoms. The molecule has 25 heavy (non-hydrogen) atoms. The average molecular weight is 352 g/mol. The summed E-state index contributed by atoms with van der Waals surface area (Å²) in [6, 6.07) is 8.74. The molecule has 2 aromatic rings. The number of aryl methyl sites for hydroxylation is 1. The predicted octanol–water partition coefficient (Wildman–Crippen LogP) is 4.87. The van der Waals surface area contributed by atoms with Gasteiger partial charge in [0.25, 0.3) is 0 Å². The average Bonchev–Trinajstić information content (AvgIpc) is 2.57. The molecule has 2 rings (SSSR count). The maximum absolute atomic E-state index is 13.6. The molecular weight excluding hydrogens is 336 g/mol. The van der Waals surface area contributed by atoms with Gasteiger partial charge in [-0.15, -0.1) is 0 Å². The van der Waals surface area contributed by atoms with E-state index >= 15 is 0 Å². The van der Waals surface area contributed by atoms with Crippen LogP contribution in [-0.4, -0.2) is 19.9 Å². The minimum Gasteiger partial charge on any atom is -0.490 e. The first-order valence-electron chi connectivity index (χ1n) is 7.55. The summed E-state index contributed by atoms with van der Waals surface area (Å²) in [4.78, 5) is 0. The van der Waals surface area contributed by atoms with Gasteiger partial charge in [-0.05, 0) is 48.9 Å². The van der Waals surface area contributed by atoms with Crippen molar-refractivity contribution < 1.29 is 27.0 Å². The summed E-state index contributed by atoms with van der Waals surface area (Å²) in [5, 5.41) is 0. The van der Waals surface area contributed by atoms with Crippen LogP contribution in [0.1, 0.15) is 23.1 Å². The Labute approximate surface area is 143 Å². The maximum Gasteiger partial charge on any atom is 0.387 e. The van der Waals surface area contributed by atoms with Gasteiger partial charge in [-0.1, -0.05) is 11.8 Å². The molecule has 2 aromatic carbocycles. The van der Waals surface area contributed by atoms with Gasteiger partial charge in [0.15, 0.2) is 11.6 Å². The van der Waals surface area contributed by atoms with E-state index in [0.717, 1.165) is 0 Å². The largest absolute Gasteiger partial charge is 0.490 e.